The third-order valence-electron chi connectivity index (χ3n) is 1.29. The highest BCUT2D eigenvalue weighted by Crippen LogP contribution is 2.00. The molecule has 0 rings (SSSR count). The van der Waals surface area contributed by atoms with Gasteiger partial charge in [-0.25, -0.2) is 4.79 Å². The van der Waals surface area contributed by atoms with Crippen molar-refractivity contribution >= 4 is 11.9 Å². The van der Waals surface area contributed by atoms with E-state index in [1.807, 2.05) is 0 Å². The van der Waals surface area contributed by atoms with Gasteiger partial charge in [-0.15, -0.1) is 0 Å². The van der Waals surface area contributed by atoms with Crippen LogP contribution in [0.1, 0.15) is 20.8 Å². The van der Waals surface area contributed by atoms with E-state index in [9.17, 15) is 9.59 Å². The van der Waals surface area contributed by atoms with Gasteiger partial charge in [0.05, 0.1) is 0 Å². The number of nitrogens with one attached hydrogen (secondary N) is 1. The Bertz CT molecular complexity index is 168. The second-order valence-corrected chi connectivity index (χ2v) is 2.76. The Hall–Kier alpha value is -1.10. The molecule has 1 amide bonds. The minimum atomic E-state index is -0.991. The molecule has 5 heteroatoms. The van der Waals surface area contributed by atoms with E-state index in [2.05, 4.69) is 5.32 Å². The minimum Gasteiger partial charge on any atom is -0.480 e. The molecule has 0 aromatic carbocycles. The van der Waals surface area contributed by atoms with Crippen LogP contribution in [0.25, 0.3) is 0 Å². The molecule has 0 aliphatic heterocycles. The predicted molar refractivity (Wildman–Crippen MR) is 46.1 cm³/mol. The topological polar surface area (TPSA) is 103 Å². The van der Waals surface area contributed by atoms with Gasteiger partial charge in [-0.2, -0.15) is 0 Å². The average molecular weight is 177 g/mol. The number of aliphatic carboxylic acids is 1. The molecular weight excluding hydrogens is 160 g/mol. The van der Waals surface area contributed by atoms with Crippen LogP contribution in [0.4, 0.5) is 0 Å². The Morgan fingerprint density at radius 2 is 1.75 bits per heavy atom. The molecule has 12 heavy (non-hydrogen) atoms. The molecule has 0 saturated heterocycles. The van der Waals surface area contributed by atoms with Crippen molar-refractivity contribution in [1.29, 1.82) is 0 Å². The first-order chi connectivity index (χ1) is 4.95. The first-order valence-corrected chi connectivity index (χ1v) is 3.45. The number of rotatable bonds is 3. The highest BCUT2D eigenvalue weighted by Gasteiger charge is 2.21. The van der Waals surface area contributed by atoms with Crippen LogP contribution >= 0.6 is 0 Å². The van der Waals surface area contributed by atoms with Crippen LogP contribution in [0.2, 0.25) is 0 Å². The monoisotopic (exact) mass is 177 g/mol. The third-order valence-corrected chi connectivity index (χ3v) is 1.29. The van der Waals surface area contributed by atoms with Crippen LogP contribution in [-0.4, -0.2) is 23.0 Å². The van der Waals surface area contributed by atoms with E-state index in [0.717, 1.165) is 0 Å². The molecule has 0 aliphatic carbocycles. The zero-order valence-electron chi connectivity index (χ0n) is 7.92. The maximum Gasteiger partial charge on any atom is 0.326 e. The lowest BCUT2D eigenvalue weighted by Gasteiger charge is -2.16. The number of hydrogen-bond acceptors (Lipinski definition) is 2. The zero-order chi connectivity index (χ0) is 9.02. The molecule has 0 aromatic heterocycles. The van der Waals surface area contributed by atoms with Crippen molar-refractivity contribution in [2.24, 2.45) is 5.92 Å². The zero-order valence-corrected chi connectivity index (χ0v) is 7.92. The fraction of sp³-hybridized carbons (Fsp3) is 0.714. The van der Waals surface area contributed by atoms with Gasteiger partial charge in [0.1, 0.15) is 6.04 Å². The molecule has 0 spiro atoms. The standard InChI is InChI=1S/C7H13NO3.H3N/c1-4(2)6(7(10)11)8-5(3)9;/h4,6H,1-3H3,(H,8,9)(H,10,11);1H3/p+1. The normalized spacial score (nSPS) is 11.7. The van der Waals surface area contributed by atoms with Gasteiger partial charge in [0.15, 0.2) is 0 Å². The van der Waals surface area contributed by atoms with Gasteiger partial charge in [-0.3, -0.25) is 4.79 Å². The van der Waals surface area contributed by atoms with Crippen molar-refractivity contribution in [2.45, 2.75) is 26.8 Å². The molecule has 0 saturated carbocycles. The highest BCUT2D eigenvalue weighted by atomic mass is 16.4. The molecule has 1 atom stereocenters. The van der Waals surface area contributed by atoms with E-state index in [-0.39, 0.29) is 18.0 Å². The van der Waals surface area contributed by atoms with E-state index >= 15 is 0 Å². The summed E-state index contributed by atoms with van der Waals surface area (Å²) in [6.45, 7) is 4.79. The van der Waals surface area contributed by atoms with Crippen molar-refractivity contribution in [3.05, 3.63) is 0 Å². The van der Waals surface area contributed by atoms with Crippen molar-refractivity contribution < 1.29 is 14.7 Å². The highest BCUT2D eigenvalue weighted by molar-refractivity contribution is 5.82. The van der Waals surface area contributed by atoms with Crippen molar-refractivity contribution in [3.63, 3.8) is 0 Å². The number of quaternary nitrogens is 1. The van der Waals surface area contributed by atoms with Crippen LogP contribution in [0.15, 0.2) is 0 Å². The second kappa shape index (κ2) is 5.54. The van der Waals surface area contributed by atoms with Crippen LogP contribution in [0, 0.1) is 5.92 Å². The van der Waals surface area contributed by atoms with Gasteiger partial charge >= 0.3 is 5.97 Å². The molecule has 0 heterocycles. The Morgan fingerprint density at radius 1 is 1.33 bits per heavy atom. The maximum atomic E-state index is 10.5. The molecule has 1 unspecified atom stereocenters. The van der Waals surface area contributed by atoms with Gasteiger partial charge in [0.25, 0.3) is 0 Å². The molecule has 5 nitrogen and oxygen atoms in total. The number of amides is 1. The lowest BCUT2D eigenvalue weighted by molar-refractivity contribution is -0.142. The maximum absolute atomic E-state index is 10.5. The van der Waals surface area contributed by atoms with Crippen molar-refractivity contribution in [1.82, 2.24) is 11.5 Å². The summed E-state index contributed by atoms with van der Waals surface area (Å²) in [6, 6.07) is -0.771. The third kappa shape index (κ3) is 4.68. The summed E-state index contributed by atoms with van der Waals surface area (Å²) in [5.74, 6) is -1.39. The molecule has 6 N–H and O–H groups in total. The van der Waals surface area contributed by atoms with Crippen molar-refractivity contribution in [3.8, 4) is 0 Å². The molecule has 0 aromatic rings. The largest absolute Gasteiger partial charge is 0.480 e. The Labute approximate surface area is 71.7 Å². The summed E-state index contributed by atoms with van der Waals surface area (Å²) >= 11 is 0. The molecule has 0 radical (unpaired) electrons. The fourth-order valence-corrected chi connectivity index (χ4v) is 0.733. The first-order valence-electron chi connectivity index (χ1n) is 3.45. The molecule has 0 aliphatic rings. The Kier molecular flexibility index (Phi) is 6.22. The van der Waals surface area contributed by atoms with Gasteiger partial charge in [-0.05, 0) is 5.92 Å². The van der Waals surface area contributed by atoms with E-state index in [1.165, 1.54) is 6.92 Å². The smallest absolute Gasteiger partial charge is 0.326 e. The summed E-state index contributed by atoms with van der Waals surface area (Å²) < 4.78 is 0. The number of carbonyl (C=O) groups is 2. The number of hydrogen-bond donors (Lipinski definition) is 3. The van der Waals surface area contributed by atoms with E-state index in [4.69, 9.17) is 5.11 Å². The lowest BCUT2D eigenvalue weighted by atomic mass is 10.1. The summed E-state index contributed by atoms with van der Waals surface area (Å²) in [4.78, 5) is 21.0. The summed E-state index contributed by atoms with van der Waals surface area (Å²) in [5, 5.41) is 10.9. The number of carboxylic acid groups (broad SMARTS) is 1. The van der Waals surface area contributed by atoms with Gasteiger partial charge in [0, 0.05) is 6.92 Å². The molecule has 0 fully saturated rings. The summed E-state index contributed by atoms with van der Waals surface area (Å²) in [6.07, 6.45) is 0. The van der Waals surface area contributed by atoms with Gasteiger partial charge in [-0.1, -0.05) is 13.8 Å². The van der Waals surface area contributed by atoms with E-state index in [1.54, 1.807) is 13.8 Å². The SMILES string of the molecule is CC(=O)NC(C(=O)O)C(C)C.[NH4+]. The van der Waals surface area contributed by atoms with Crippen LogP contribution in [-0.2, 0) is 9.59 Å². The number of carboxylic acids is 1. The van der Waals surface area contributed by atoms with Gasteiger partial charge < -0.3 is 16.6 Å². The van der Waals surface area contributed by atoms with Crippen LogP contribution < -0.4 is 11.5 Å². The molecule has 0 bridgehead atoms. The van der Waals surface area contributed by atoms with E-state index < -0.39 is 12.0 Å². The van der Waals surface area contributed by atoms with Crippen LogP contribution in [0.5, 0.6) is 0 Å². The second-order valence-electron chi connectivity index (χ2n) is 2.76. The fourth-order valence-electron chi connectivity index (χ4n) is 0.733. The quantitative estimate of drug-likeness (QED) is 0.588. The summed E-state index contributed by atoms with van der Waals surface area (Å²) in [5.41, 5.74) is 0. The molecule has 72 valence electrons. The average Bonchev–Trinajstić information content (AvgIpc) is 1.81. The first kappa shape index (κ1) is 13.5. The Morgan fingerprint density at radius 3 is 1.83 bits per heavy atom. The summed E-state index contributed by atoms with van der Waals surface area (Å²) in [7, 11) is 0. The van der Waals surface area contributed by atoms with Gasteiger partial charge in [0.2, 0.25) is 5.91 Å². The predicted octanol–water partition coefficient (Wildman–Crippen LogP) is 0.608. The number of carbonyl (C=O) groups excluding carboxylic acids is 1. The Balaban J connectivity index is 0. The van der Waals surface area contributed by atoms with E-state index in [0.29, 0.717) is 0 Å². The lowest BCUT2D eigenvalue weighted by Crippen LogP contribution is -2.43. The van der Waals surface area contributed by atoms with Crippen LogP contribution in [0.3, 0.4) is 0 Å². The van der Waals surface area contributed by atoms with Crippen molar-refractivity contribution in [2.75, 3.05) is 0 Å². The molecular formula is C7H17N2O3+. The minimum absolute atomic E-state index is 0.